The van der Waals surface area contributed by atoms with E-state index < -0.39 is 79.9 Å². The van der Waals surface area contributed by atoms with Gasteiger partial charge in [0.1, 0.15) is 42.1 Å². The Balaban J connectivity index is 1.11. The highest BCUT2D eigenvalue weighted by atomic mass is 16.6. The van der Waals surface area contributed by atoms with Gasteiger partial charge in [-0.25, -0.2) is 0 Å². The summed E-state index contributed by atoms with van der Waals surface area (Å²) in [6.45, 7) is 10.4. The smallest absolute Gasteiger partial charge is 0.135 e. The van der Waals surface area contributed by atoms with Gasteiger partial charge in [0, 0.05) is 51.6 Å². The molecule has 0 aliphatic carbocycles. The van der Waals surface area contributed by atoms with Gasteiger partial charge in [0.2, 0.25) is 0 Å². The summed E-state index contributed by atoms with van der Waals surface area (Å²) >= 11 is 0. The van der Waals surface area contributed by atoms with Crippen LogP contribution in [0.15, 0.2) is 24.3 Å². The third-order valence-corrected chi connectivity index (χ3v) is 13.1. The maximum atomic E-state index is 13.9. The van der Waals surface area contributed by atoms with E-state index in [4.69, 9.17) is 33.2 Å². The number of carbonyl (C=O) groups excluding carboxylic acids is 2. The van der Waals surface area contributed by atoms with E-state index >= 15 is 0 Å². The lowest BCUT2D eigenvalue weighted by atomic mass is 9.81. The lowest BCUT2D eigenvalue weighted by Gasteiger charge is -2.46. The standard InChI is InChI=1S/C40H60O13/c1-19-11-26-7-9-29-20(2)12-25(48-29)6-5-22(42)15-33-35(45)39-40(53-33)36(46)38-30(52-39)10-8-27(50-38)13-23(43)14-28-32(17-31(49-26)21(19)3)51-34(37(28)47-4)16-24(44)18-41/h19,24-41,44-46H,2-3,5-18H2,1,4H3/t19-,24+,25+,26?,27-,28+,29?,30+,31-,32+,33?,34?,35+,36+,37-,38+,39+,40+/m1/s1. The number of Topliss-reactive ketones (excluding diaryl/α,β-unsaturated/α-hetero) is 2. The minimum absolute atomic E-state index is 0.00643. The van der Waals surface area contributed by atoms with Gasteiger partial charge in [0.25, 0.3) is 0 Å². The zero-order valence-corrected chi connectivity index (χ0v) is 31.2. The largest absolute Gasteiger partial charge is 0.394 e. The number of ether oxygens (including phenoxy) is 7. The molecule has 7 aliphatic heterocycles. The Hall–Kier alpha value is -1.62. The normalized spacial score (nSPS) is 47.7. The Kier molecular flexibility index (Phi) is 12.6. The predicted octanol–water partition coefficient (Wildman–Crippen LogP) is 2.27. The van der Waals surface area contributed by atoms with E-state index in [-0.39, 0.29) is 79.9 Å². The molecule has 7 fully saturated rings. The fourth-order valence-electron chi connectivity index (χ4n) is 10.1. The summed E-state index contributed by atoms with van der Waals surface area (Å²) < 4.78 is 44.3. The van der Waals surface area contributed by atoms with E-state index in [1.54, 1.807) is 7.11 Å². The van der Waals surface area contributed by atoms with Crippen LogP contribution in [0.1, 0.15) is 90.4 Å². The molecule has 0 spiro atoms. The SMILES string of the molecule is C=C1C[C@@H]2CCC(=O)CC3O[C@H]4[C@@H](O)[C@H]5O[C@H](CC[C@@H]5O[C@H]4[C@H]3O)CC(=O)C[C@H]3[C@H](C[C@H]4OC(CCC1O2)C[C@@H](C)C4=C)OC(C[C@H](O)CO)[C@@H]3OC. The fraction of sp³-hybridized carbons (Fsp3) is 0.850. The van der Waals surface area contributed by atoms with Crippen LogP contribution in [0.4, 0.5) is 0 Å². The number of ketones is 2. The Labute approximate surface area is 312 Å². The number of hydrogen-bond acceptors (Lipinski definition) is 13. The van der Waals surface area contributed by atoms with Crippen LogP contribution in [0, 0.1) is 11.8 Å². The number of fused-ring (bicyclic) bond motifs is 7. The van der Waals surface area contributed by atoms with E-state index in [0.717, 1.165) is 30.4 Å². The van der Waals surface area contributed by atoms with Gasteiger partial charge < -0.3 is 53.6 Å². The molecule has 0 amide bonds. The van der Waals surface area contributed by atoms with E-state index in [0.29, 0.717) is 32.1 Å². The third kappa shape index (κ3) is 8.56. The first-order valence-electron chi connectivity index (χ1n) is 19.9. The lowest BCUT2D eigenvalue weighted by molar-refractivity contribution is -0.259. The summed E-state index contributed by atoms with van der Waals surface area (Å²) in [6.07, 6.45) is -3.55. The summed E-state index contributed by atoms with van der Waals surface area (Å²) in [5, 5.41) is 42.6. The summed E-state index contributed by atoms with van der Waals surface area (Å²) in [5.41, 5.74) is 2.00. The van der Waals surface area contributed by atoms with Crippen LogP contribution in [0.25, 0.3) is 0 Å². The minimum Gasteiger partial charge on any atom is -0.394 e. The van der Waals surface area contributed by atoms with Gasteiger partial charge in [0.05, 0.1) is 73.8 Å². The van der Waals surface area contributed by atoms with E-state index in [1.165, 1.54) is 0 Å². The van der Waals surface area contributed by atoms with Crippen LogP contribution in [-0.4, -0.2) is 143 Å². The van der Waals surface area contributed by atoms with Crippen molar-refractivity contribution in [1.29, 1.82) is 0 Å². The van der Waals surface area contributed by atoms with Crippen LogP contribution in [-0.2, 0) is 42.7 Å². The molecule has 0 saturated carbocycles. The van der Waals surface area contributed by atoms with E-state index in [9.17, 15) is 30.0 Å². The molecule has 7 heterocycles. The van der Waals surface area contributed by atoms with Crippen molar-refractivity contribution in [2.24, 2.45) is 11.8 Å². The van der Waals surface area contributed by atoms with Crippen molar-refractivity contribution in [2.75, 3.05) is 13.7 Å². The summed E-state index contributed by atoms with van der Waals surface area (Å²) in [5.74, 6) is -0.221. The summed E-state index contributed by atoms with van der Waals surface area (Å²) in [7, 11) is 1.58. The molecule has 53 heavy (non-hydrogen) atoms. The zero-order valence-electron chi connectivity index (χ0n) is 31.2. The second kappa shape index (κ2) is 16.9. The van der Waals surface area contributed by atoms with Gasteiger partial charge in [-0.2, -0.15) is 0 Å². The van der Waals surface area contributed by atoms with Crippen molar-refractivity contribution in [1.82, 2.24) is 0 Å². The van der Waals surface area contributed by atoms with E-state index in [2.05, 4.69) is 20.1 Å². The molecule has 0 aromatic rings. The van der Waals surface area contributed by atoms with Crippen molar-refractivity contribution < 1.29 is 63.2 Å². The Morgan fingerprint density at radius 2 is 1.45 bits per heavy atom. The monoisotopic (exact) mass is 748 g/mol. The van der Waals surface area contributed by atoms with Gasteiger partial charge in [0.15, 0.2) is 0 Å². The molecule has 13 nitrogen and oxygen atoms in total. The van der Waals surface area contributed by atoms with Crippen LogP contribution in [0.3, 0.4) is 0 Å². The maximum Gasteiger partial charge on any atom is 0.135 e. The quantitative estimate of drug-likeness (QED) is 0.308. The highest BCUT2D eigenvalue weighted by molar-refractivity contribution is 5.79. The van der Waals surface area contributed by atoms with Gasteiger partial charge >= 0.3 is 0 Å². The van der Waals surface area contributed by atoms with E-state index in [1.807, 2.05) is 0 Å². The maximum absolute atomic E-state index is 13.9. The van der Waals surface area contributed by atoms with Crippen molar-refractivity contribution in [2.45, 2.75) is 188 Å². The van der Waals surface area contributed by atoms with Crippen LogP contribution in [0.5, 0.6) is 0 Å². The molecular weight excluding hydrogens is 688 g/mol. The molecule has 7 aliphatic rings. The number of aliphatic hydroxyl groups is 4. The first-order valence-corrected chi connectivity index (χ1v) is 19.9. The van der Waals surface area contributed by atoms with Crippen molar-refractivity contribution in [3.05, 3.63) is 24.3 Å². The summed E-state index contributed by atoms with van der Waals surface area (Å²) in [6, 6.07) is 0. The fourth-order valence-corrected chi connectivity index (χ4v) is 10.1. The topological polar surface area (TPSA) is 180 Å². The number of aliphatic hydroxyl groups excluding tert-OH is 4. The molecule has 4 unspecified atom stereocenters. The number of methoxy groups -OCH3 is 1. The molecule has 298 valence electrons. The molecule has 13 heteroatoms. The molecule has 7 rings (SSSR count). The minimum atomic E-state index is -1.10. The van der Waals surface area contributed by atoms with Crippen molar-refractivity contribution in [3.63, 3.8) is 0 Å². The predicted molar refractivity (Wildman–Crippen MR) is 189 cm³/mol. The highest BCUT2D eigenvalue weighted by Gasteiger charge is 2.57. The Morgan fingerprint density at radius 3 is 2.23 bits per heavy atom. The Bertz CT molecular complexity index is 1340. The zero-order chi connectivity index (χ0) is 37.6. The molecule has 0 aromatic heterocycles. The summed E-state index contributed by atoms with van der Waals surface area (Å²) in [4.78, 5) is 27.0. The molecule has 18 atom stereocenters. The second-order valence-electron chi connectivity index (χ2n) is 16.8. The van der Waals surface area contributed by atoms with Crippen LogP contribution in [0.2, 0.25) is 0 Å². The molecule has 8 bridgehead atoms. The second-order valence-corrected chi connectivity index (χ2v) is 16.8. The van der Waals surface area contributed by atoms with Gasteiger partial charge in [-0.3, -0.25) is 9.59 Å². The van der Waals surface area contributed by atoms with Crippen molar-refractivity contribution in [3.8, 4) is 0 Å². The first kappa shape index (κ1) is 39.6. The third-order valence-electron chi connectivity index (χ3n) is 13.1. The molecule has 0 aromatic carbocycles. The van der Waals surface area contributed by atoms with Gasteiger partial charge in [-0.05, 0) is 62.0 Å². The van der Waals surface area contributed by atoms with Crippen LogP contribution >= 0.6 is 0 Å². The first-order chi connectivity index (χ1) is 25.4. The van der Waals surface area contributed by atoms with Crippen molar-refractivity contribution >= 4 is 11.6 Å². The highest BCUT2D eigenvalue weighted by Crippen LogP contribution is 2.43. The average Bonchev–Trinajstić information content (AvgIpc) is 3.76. The lowest BCUT2D eigenvalue weighted by Crippen LogP contribution is -2.61. The number of carbonyl (C=O) groups is 2. The van der Waals surface area contributed by atoms with Gasteiger partial charge in [-0.1, -0.05) is 20.1 Å². The molecule has 7 saturated heterocycles. The average molecular weight is 749 g/mol. The molecule has 4 N–H and O–H groups in total. The van der Waals surface area contributed by atoms with Gasteiger partial charge in [-0.15, -0.1) is 0 Å². The van der Waals surface area contributed by atoms with Crippen LogP contribution < -0.4 is 0 Å². The number of hydrogen-bond donors (Lipinski definition) is 4. The molecule has 0 radical (unpaired) electrons. The Morgan fingerprint density at radius 1 is 0.736 bits per heavy atom. The number of rotatable bonds is 4. The molecular formula is C40H60O13.